The zero-order chi connectivity index (χ0) is 20.6. The van der Waals surface area contributed by atoms with Gasteiger partial charge in [-0.05, 0) is 32.0 Å². The van der Waals surface area contributed by atoms with Gasteiger partial charge in [0.25, 0.3) is 0 Å². The number of fused-ring (bicyclic) bond motifs is 1. The van der Waals surface area contributed by atoms with Crippen molar-refractivity contribution in [1.82, 2.24) is 4.90 Å². The number of rotatable bonds is 8. The Labute approximate surface area is 175 Å². The van der Waals surface area contributed by atoms with E-state index in [9.17, 15) is 9.59 Å². The third-order valence-corrected chi connectivity index (χ3v) is 5.45. The fraction of sp³-hybridized carbons (Fsp3) is 0.364. The summed E-state index contributed by atoms with van der Waals surface area (Å²) in [6.07, 6.45) is 0. The molecule has 0 atom stereocenters. The molecule has 7 heteroatoms. The van der Waals surface area contributed by atoms with Crippen LogP contribution in [-0.2, 0) is 16.1 Å². The fourth-order valence-electron chi connectivity index (χ4n) is 3.00. The van der Waals surface area contributed by atoms with E-state index in [1.165, 1.54) is 11.8 Å². The van der Waals surface area contributed by atoms with Crippen molar-refractivity contribution in [3.8, 4) is 11.5 Å². The van der Waals surface area contributed by atoms with Gasteiger partial charge in [-0.1, -0.05) is 29.8 Å². The molecule has 0 saturated carbocycles. The second-order valence-electron chi connectivity index (χ2n) is 6.76. The number of nitrogens with zero attached hydrogens (tertiary/aromatic N) is 1. The molecular formula is C22H26N2O4S. The van der Waals surface area contributed by atoms with E-state index >= 15 is 0 Å². The molecule has 1 heterocycles. The summed E-state index contributed by atoms with van der Waals surface area (Å²) in [4.78, 5) is 26.5. The van der Waals surface area contributed by atoms with E-state index in [0.29, 0.717) is 26.3 Å². The summed E-state index contributed by atoms with van der Waals surface area (Å²) in [6.45, 7) is 6.03. The standard InChI is InChI=1S/C22H26N2O4S/c1-3-24(13-17-5-4-6-19-22(17)28-12-11-27-19)21(26)15-29-14-20(25)23-18-9-7-16(2)8-10-18/h4-10H,3,11-15H2,1-2H3,(H,23,25). The highest BCUT2D eigenvalue weighted by atomic mass is 32.2. The first kappa shape index (κ1) is 21.0. The predicted molar refractivity (Wildman–Crippen MR) is 116 cm³/mol. The van der Waals surface area contributed by atoms with Gasteiger partial charge in [-0.2, -0.15) is 0 Å². The third-order valence-electron chi connectivity index (χ3n) is 4.54. The topological polar surface area (TPSA) is 67.9 Å². The molecule has 6 nitrogen and oxygen atoms in total. The van der Waals surface area contributed by atoms with Crippen LogP contribution < -0.4 is 14.8 Å². The molecule has 1 aliphatic rings. The number of carbonyl (C=O) groups excluding carboxylic acids is 2. The fourth-order valence-corrected chi connectivity index (χ4v) is 3.71. The van der Waals surface area contributed by atoms with Gasteiger partial charge in [0.2, 0.25) is 11.8 Å². The van der Waals surface area contributed by atoms with Crippen molar-refractivity contribution in [2.75, 3.05) is 36.6 Å². The van der Waals surface area contributed by atoms with E-state index in [1.54, 1.807) is 4.90 Å². The highest BCUT2D eigenvalue weighted by molar-refractivity contribution is 8.00. The van der Waals surface area contributed by atoms with Gasteiger partial charge < -0.3 is 19.7 Å². The van der Waals surface area contributed by atoms with Crippen LogP contribution >= 0.6 is 11.8 Å². The Hall–Kier alpha value is -2.67. The number of thioether (sulfide) groups is 1. The molecule has 154 valence electrons. The summed E-state index contributed by atoms with van der Waals surface area (Å²) in [6, 6.07) is 13.4. The summed E-state index contributed by atoms with van der Waals surface area (Å²) in [5.41, 5.74) is 2.83. The predicted octanol–water partition coefficient (Wildman–Crippen LogP) is 3.49. The highest BCUT2D eigenvalue weighted by Crippen LogP contribution is 2.34. The van der Waals surface area contributed by atoms with E-state index in [-0.39, 0.29) is 23.3 Å². The van der Waals surface area contributed by atoms with Gasteiger partial charge in [0.05, 0.1) is 11.5 Å². The van der Waals surface area contributed by atoms with Crippen molar-refractivity contribution in [3.63, 3.8) is 0 Å². The maximum Gasteiger partial charge on any atom is 0.234 e. The normalized spacial score (nSPS) is 12.3. The number of nitrogens with one attached hydrogen (secondary N) is 1. The number of benzene rings is 2. The van der Waals surface area contributed by atoms with Crippen LogP contribution in [0, 0.1) is 6.92 Å². The van der Waals surface area contributed by atoms with Crippen LogP contribution in [0.2, 0.25) is 0 Å². The summed E-state index contributed by atoms with van der Waals surface area (Å²) in [5, 5.41) is 2.84. The quantitative estimate of drug-likeness (QED) is 0.716. The highest BCUT2D eigenvalue weighted by Gasteiger charge is 2.19. The molecule has 0 unspecified atom stereocenters. The third kappa shape index (κ3) is 5.90. The first-order valence-electron chi connectivity index (χ1n) is 9.66. The first-order valence-corrected chi connectivity index (χ1v) is 10.8. The Morgan fingerprint density at radius 2 is 1.83 bits per heavy atom. The molecule has 2 aromatic rings. The largest absolute Gasteiger partial charge is 0.486 e. The summed E-state index contributed by atoms with van der Waals surface area (Å²) >= 11 is 1.32. The SMILES string of the molecule is CCN(Cc1cccc2c1OCCO2)C(=O)CSCC(=O)Nc1ccc(C)cc1. The molecule has 2 amide bonds. The number of ether oxygens (including phenoxy) is 2. The van der Waals surface area contributed by atoms with Crippen molar-refractivity contribution >= 4 is 29.3 Å². The molecule has 3 rings (SSSR count). The minimum Gasteiger partial charge on any atom is -0.486 e. The van der Waals surface area contributed by atoms with Gasteiger partial charge in [0.15, 0.2) is 11.5 Å². The van der Waals surface area contributed by atoms with Crippen molar-refractivity contribution in [2.24, 2.45) is 0 Å². The van der Waals surface area contributed by atoms with Crippen molar-refractivity contribution in [2.45, 2.75) is 20.4 Å². The lowest BCUT2D eigenvalue weighted by Crippen LogP contribution is -2.32. The van der Waals surface area contributed by atoms with E-state index in [2.05, 4.69) is 5.32 Å². The van der Waals surface area contributed by atoms with Crippen LogP contribution in [0.3, 0.4) is 0 Å². The molecule has 0 spiro atoms. The lowest BCUT2D eigenvalue weighted by Gasteiger charge is -2.25. The van der Waals surface area contributed by atoms with Crippen LogP contribution in [0.25, 0.3) is 0 Å². The van der Waals surface area contributed by atoms with Gasteiger partial charge in [-0.15, -0.1) is 11.8 Å². The van der Waals surface area contributed by atoms with Crippen molar-refractivity contribution in [3.05, 3.63) is 53.6 Å². The molecule has 0 radical (unpaired) electrons. The maximum absolute atomic E-state index is 12.6. The molecular weight excluding hydrogens is 388 g/mol. The molecule has 1 aliphatic heterocycles. The number of anilines is 1. The Bertz CT molecular complexity index is 854. The molecule has 0 aromatic heterocycles. The smallest absolute Gasteiger partial charge is 0.234 e. The lowest BCUT2D eigenvalue weighted by molar-refractivity contribution is -0.128. The molecule has 0 saturated heterocycles. The lowest BCUT2D eigenvalue weighted by atomic mass is 10.1. The van der Waals surface area contributed by atoms with Gasteiger partial charge in [-0.25, -0.2) is 0 Å². The summed E-state index contributed by atoms with van der Waals surface area (Å²) in [7, 11) is 0. The number of carbonyl (C=O) groups is 2. The number of hydrogen-bond donors (Lipinski definition) is 1. The monoisotopic (exact) mass is 414 g/mol. The van der Waals surface area contributed by atoms with Gasteiger partial charge >= 0.3 is 0 Å². The van der Waals surface area contributed by atoms with Gasteiger partial charge in [-0.3, -0.25) is 9.59 Å². The zero-order valence-electron chi connectivity index (χ0n) is 16.8. The van der Waals surface area contributed by atoms with Crippen LogP contribution in [0.5, 0.6) is 11.5 Å². The number of aryl methyl sites for hydroxylation is 1. The Kier molecular flexibility index (Phi) is 7.41. The van der Waals surface area contributed by atoms with Crippen molar-refractivity contribution < 1.29 is 19.1 Å². The molecule has 2 aromatic carbocycles. The van der Waals surface area contributed by atoms with Gasteiger partial charge in [0.1, 0.15) is 13.2 Å². The van der Waals surface area contributed by atoms with Crippen LogP contribution in [0.4, 0.5) is 5.69 Å². The minimum atomic E-state index is -0.114. The Morgan fingerprint density at radius 3 is 2.59 bits per heavy atom. The van der Waals surface area contributed by atoms with E-state index in [0.717, 1.165) is 28.3 Å². The minimum absolute atomic E-state index is 0.00466. The van der Waals surface area contributed by atoms with Crippen LogP contribution in [0.15, 0.2) is 42.5 Å². The molecule has 0 fully saturated rings. The number of hydrogen-bond acceptors (Lipinski definition) is 5. The van der Waals surface area contributed by atoms with Crippen LogP contribution in [0.1, 0.15) is 18.1 Å². The molecule has 0 aliphatic carbocycles. The molecule has 1 N–H and O–H groups in total. The zero-order valence-corrected chi connectivity index (χ0v) is 17.6. The first-order chi connectivity index (χ1) is 14.1. The van der Waals surface area contributed by atoms with E-state index in [4.69, 9.17) is 9.47 Å². The average molecular weight is 415 g/mol. The van der Waals surface area contributed by atoms with Gasteiger partial charge in [0, 0.05) is 24.3 Å². The maximum atomic E-state index is 12.6. The Morgan fingerprint density at radius 1 is 1.07 bits per heavy atom. The molecule has 0 bridgehead atoms. The average Bonchev–Trinajstić information content (AvgIpc) is 2.73. The van der Waals surface area contributed by atoms with E-state index < -0.39 is 0 Å². The second-order valence-corrected chi connectivity index (χ2v) is 7.74. The van der Waals surface area contributed by atoms with Crippen LogP contribution in [-0.4, -0.2) is 48.0 Å². The second kappa shape index (κ2) is 10.2. The summed E-state index contributed by atoms with van der Waals surface area (Å²) < 4.78 is 11.3. The number of para-hydroxylation sites is 1. The Balaban J connectivity index is 1.49. The van der Waals surface area contributed by atoms with Crippen molar-refractivity contribution in [1.29, 1.82) is 0 Å². The number of amides is 2. The van der Waals surface area contributed by atoms with E-state index in [1.807, 2.05) is 56.3 Å². The molecule has 29 heavy (non-hydrogen) atoms. The summed E-state index contributed by atoms with van der Waals surface area (Å²) in [5.74, 6) is 1.80.